The zero-order valence-electron chi connectivity index (χ0n) is 8.93. The fraction of sp³-hybridized carbons (Fsp3) is 0.417. The predicted molar refractivity (Wildman–Crippen MR) is 61.9 cm³/mol. The summed E-state index contributed by atoms with van der Waals surface area (Å²) >= 11 is 3.32. The van der Waals surface area contributed by atoms with Crippen molar-refractivity contribution >= 4 is 21.7 Å². The highest BCUT2D eigenvalue weighted by molar-refractivity contribution is 9.10. The minimum atomic E-state index is -0.459. The molecular formula is C12H12BrFO2. The number of carbonyl (C=O) groups is 1. The lowest BCUT2D eigenvalue weighted by molar-refractivity contribution is -0.125. The molecule has 1 aliphatic rings. The average molecular weight is 287 g/mol. The number of Topliss-reactive ketones (excluding diaryl/α,β-unsaturated/α-hetero) is 1. The lowest BCUT2D eigenvalue weighted by Crippen LogP contribution is -2.48. The molecule has 0 atom stereocenters. The molecule has 2 nitrogen and oxygen atoms in total. The second-order valence-corrected chi connectivity index (χ2v) is 5.19. The van der Waals surface area contributed by atoms with Gasteiger partial charge in [0.05, 0.1) is 18.6 Å². The van der Waals surface area contributed by atoms with Crippen molar-refractivity contribution in [1.82, 2.24) is 0 Å². The summed E-state index contributed by atoms with van der Waals surface area (Å²) in [6.45, 7) is 2.36. The van der Waals surface area contributed by atoms with Crippen LogP contribution in [-0.4, -0.2) is 19.0 Å². The molecule has 0 aliphatic carbocycles. The molecule has 0 radical (unpaired) electrons. The second-order valence-electron chi connectivity index (χ2n) is 4.28. The first-order valence-corrected chi connectivity index (χ1v) is 5.85. The summed E-state index contributed by atoms with van der Waals surface area (Å²) < 4.78 is 19.7. The van der Waals surface area contributed by atoms with Crippen molar-refractivity contribution in [2.45, 2.75) is 18.8 Å². The van der Waals surface area contributed by atoms with Crippen molar-refractivity contribution in [2.75, 3.05) is 13.2 Å². The van der Waals surface area contributed by atoms with E-state index >= 15 is 0 Å². The van der Waals surface area contributed by atoms with Crippen LogP contribution in [0.5, 0.6) is 0 Å². The average Bonchev–Trinajstić information content (AvgIpc) is 2.15. The van der Waals surface area contributed by atoms with Crippen molar-refractivity contribution in [2.24, 2.45) is 0 Å². The van der Waals surface area contributed by atoms with E-state index in [0.29, 0.717) is 25.2 Å². The Kier molecular flexibility index (Phi) is 3.13. The Morgan fingerprint density at radius 1 is 1.56 bits per heavy atom. The van der Waals surface area contributed by atoms with Crippen molar-refractivity contribution in [3.05, 3.63) is 34.1 Å². The molecular weight excluding hydrogens is 275 g/mol. The summed E-state index contributed by atoms with van der Waals surface area (Å²) in [6.07, 6.45) is 0.334. The van der Waals surface area contributed by atoms with Gasteiger partial charge < -0.3 is 4.74 Å². The fourth-order valence-corrected chi connectivity index (χ4v) is 2.44. The minimum absolute atomic E-state index is 0.0580. The zero-order chi connectivity index (χ0) is 11.8. The summed E-state index contributed by atoms with van der Waals surface area (Å²) in [5.74, 6) is -0.213. The third kappa shape index (κ3) is 2.04. The smallest absolute Gasteiger partial charge is 0.130 e. The van der Waals surface area contributed by atoms with Crippen LogP contribution in [-0.2, 0) is 14.9 Å². The highest BCUT2D eigenvalue weighted by atomic mass is 79.9. The van der Waals surface area contributed by atoms with E-state index in [4.69, 9.17) is 4.74 Å². The fourth-order valence-electron chi connectivity index (χ4n) is 2.08. The molecule has 1 fully saturated rings. The lowest BCUT2D eigenvalue weighted by atomic mass is 9.74. The van der Waals surface area contributed by atoms with E-state index in [2.05, 4.69) is 15.9 Å². The molecule has 0 amide bonds. The molecule has 4 heteroatoms. The van der Waals surface area contributed by atoms with Crippen molar-refractivity contribution < 1.29 is 13.9 Å². The Balaban J connectivity index is 2.39. The molecule has 0 aromatic heterocycles. The Bertz CT molecular complexity index is 427. The number of halogens is 2. The second kappa shape index (κ2) is 4.26. The molecule has 0 N–H and O–H groups in total. The van der Waals surface area contributed by atoms with Gasteiger partial charge in [-0.15, -0.1) is 0 Å². The van der Waals surface area contributed by atoms with Crippen molar-refractivity contribution in [3.63, 3.8) is 0 Å². The van der Waals surface area contributed by atoms with E-state index in [9.17, 15) is 9.18 Å². The number of ketones is 1. The van der Waals surface area contributed by atoms with E-state index < -0.39 is 5.41 Å². The summed E-state index contributed by atoms with van der Waals surface area (Å²) in [7, 11) is 0. The molecule has 0 saturated carbocycles. The molecule has 0 unspecified atom stereocenters. The van der Waals surface area contributed by atoms with Gasteiger partial charge in [-0.25, -0.2) is 4.39 Å². The SMILES string of the molecule is CC(=O)CC1(c2cc(Br)ccc2F)COC1. The van der Waals surface area contributed by atoms with Gasteiger partial charge >= 0.3 is 0 Å². The molecule has 16 heavy (non-hydrogen) atoms. The minimum Gasteiger partial charge on any atom is -0.379 e. The van der Waals surface area contributed by atoms with Gasteiger partial charge in [0.25, 0.3) is 0 Å². The van der Waals surface area contributed by atoms with Crippen LogP contribution in [0.25, 0.3) is 0 Å². The largest absolute Gasteiger partial charge is 0.379 e. The first kappa shape index (κ1) is 11.7. The molecule has 1 aliphatic heterocycles. The van der Waals surface area contributed by atoms with E-state index in [0.717, 1.165) is 4.47 Å². The summed E-state index contributed by atoms with van der Waals surface area (Å²) in [5.41, 5.74) is 0.114. The van der Waals surface area contributed by atoms with E-state index in [-0.39, 0.29) is 11.6 Å². The van der Waals surface area contributed by atoms with E-state index in [1.54, 1.807) is 12.1 Å². The normalized spacial score (nSPS) is 17.9. The van der Waals surface area contributed by atoms with E-state index in [1.807, 2.05) is 0 Å². The summed E-state index contributed by atoms with van der Waals surface area (Å²) in [5, 5.41) is 0. The van der Waals surface area contributed by atoms with Crippen LogP contribution in [0.4, 0.5) is 4.39 Å². The molecule has 1 aromatic carbocycles. The Morgan fingerprint density at radius 3 is 2.75 bits per heavy atom. The molecule has 2 rings (SSSR count). The Hall–Kier alpha value is -0.740. The molecule has 0 bridgehead atoms. The highest BCUT2D eigenvalue weighted by Gasteiger charge is 2.43. The van der Waals surface area contributed by atoms with E-state index in [1.165, 1.54) is 13.0 Å². The Morgan fingerprint density at radius 2 is 2.25 bits per heavy atom. The summed E-state index contributed by atoms with van der Waals surface area (Å²) in [4.78, 5) is 11.2. The van der Waals surface area contributed by atoms with Crippen LogP contribution < -0.4 is 0 Å². The molecule has 1 saturated heterocycles. The number of carbonyl (C=O) groups excluding carboxylic acids is 1. The number of ether oxygens (including phenoxy) is 1. The topological polar surface area (TPSA) is 26.3 Å². The van der Waals surface area contributed by atoms with Gasteiger partial charge in [-0.3, -0.25) is 4.79 Å². The van der Waals surface area contributed by atoms with Crippen molar-refractivity contribution in [1.29, 1.82) is 0 Å². The van der Waals surface area contributed by atoms with Crippen LogP contribution in [0.1, 0.15) is 18.9 Å². The van der Waals surface area contributed by atoms with Gasteiger partial charge in [-0.2, -0.15) is 0 Å². The number of hydrogen-bond donors (Lipinski definition) is 0. The van der Waals surface area contributed by atoms with Crippen molar-refractivity contribution in [3.8, 4) is 0 Å². The maximum atomic E-state index is 13.7. The highest BCUT2D eigenvalue weighted by Crippen LogP contribution is 2.38. The van der Waals surface area contributed by atoms with Gasteiger partial charge in [0, 0.05) is 16.5 Å². The number of benzene rings is 1. The number of hydrogen-bond acceptors (Lipinski definition) is 2. The molecule has 1 heterocycles. The van der Waals surface area contributed by atoms with Gasteiger partial charge in [0.1, 0.15) is 11.6 Å². The lowest BCUT2D eigenvalue weighted by Gasteiger charge is -2.41. The molecule has 1 aromatic rings. The third-order valence-electron chi connectivity index (χ3n) is 2.84. The monoisotopic (exact) mass is 286 g/mol. The van der Waals surface area contributed by atoms with Crippen LogP contribution >= 0.6 is 15.9 Å². The summed E-state index contributed by atoms with van der Waals surface area (Å²) in [6, 6.07) is 4.81. The Labute approximate surface area is 102 Å². The third-order valence-corrected chi connectivity index (χ3v) is 3.34. The molecule has 86 valence electrons. The van der Waals surface area contributed by atoms with Crippen LogP contribution in [0.3, 0.4) is 0 Å². The van der Waals surface area contributed by atoms with Crippen LogP contribution in [0.15, 0.2) is 22.7 Å². The standard InChI is InChI=1S/C12H12BrFO2/c1-8(15)5-12(6-16-7-12)10-4-9(13)2-3-11(10)14/h2-4H,5-7H2,1H3. The maximum absolute atomic E-state index is 13.7. The van der Waals surface area contributed by atoms with Crippen LogP contribution in [0.2, 0.25) is 0 Å². The predicted octanol–water partition coefficient (Wildman–Crippen LogP) is 2.84. The van der Waals surface area contributed by atoms with Gasteiger partial charge in [0.2, 0.25) is 0 Å². The van der Waals surface area contributed by atoms with Crippen LogP contribution in [0, 0.1) is 5.82 Å². The first-order valence-electron chi connectivity index (χ1n) is 5.06. The van der Waals surface area contributed by atoms with Gasteiger partial charge in [-0.05, 0) is 25.1 Å². The zero-order valence-corrected chi connectivity index (χ0v) is 10.5. The van der Waals surface area contributed by atoms with Gasteiger partial charge in [0.15, 0.2) is 0 Å². The number of rotatable bonds is 3. The van der Waals surface area contributed by atoms with Gasteiger partial charge in [-0.1, -0.05) is 15.9 Å². The quantitative estimate of drug-likeness (QED) is 0.854. The first-order chi connectivity index (χ1) is 7.53. The maximum Gasteiger partial charge on any atom is 0.130 e. The molecule has 0 spiro atoms.